The summed E-state index contributed by atoms with van der Waals surface area (Å²) >= 11 is 0. The molecule has 0 unspecified atom stereocenters. The first kappa shape index (κ1) is 16.7. The van der Waals surface area contributed by atoms with Crippen molar-refractivity contribution < 1.29 is 23.2 Å². The Labute approximate surface area is 128 Å². The Balaban J connectivity index is 2.12. The summed E-state index contributed by atoms with van der Waals surface area (Å²) < 4.78 is 37.9. The molecule has 6 nitrogen and oxygen atoms in total. The van der Waals surface area contributed by atoms with Crippen LogP contribution in [0.15, 0.2) is 42.6 Å². The van der Waals surface area contributed by atoms with Gasteiger partial charge in [-0.1, -0.05) is 12.1 Å². The third-order valence-corrected chi connectivity index (χ3v) is 3.04. The zero-order valence-corrected chi connectivity index (χ0v) is 11.6. The Kier molecular flexibility index (Phi) is 4.80. The van der Waals surface area contributed by atoms with Gasteiger partial charge < -0.3 is 10.4 Å². The molecule has 0 radical (unpaired) electrons. The van der Waals surface area contributed by atoms with Crippen LogP contribution in [-0.4, -0.2) is 21.6 Å². The summed E-state index contributed by atoms with van der Waals surface area (Å²) in [5, 5.41) is 23.4. The second-order valence-electron chi connectivity index (χ2n) is 4.65. The molecule has 1 aromatic heterocycles. The molecule has 122 valence electrons. The molecule has 1 atom stereocenters. The van der Waals surface area contributed by atoms with Crippen molar-refractivity contribution in [3.8, 4) is 0 Å². The molecule has 0 aliphatic heterocycles. The van der Waals surface area contributed by atoms with Gasteiger partial charge in [-0.05, 0) is 23.8 Å². The molecule has 1 aromatic carbocycles. The Hall–Kier alpha value is -2.68. The molecule has 2 aromatic rings. The van der Waals surface area contributed by atoms with Gasteiger partial charge in [-0.25, -0.2) is 4.98 Å². The van der Waals surface area contributed by atoms with Gasteiger partial charge in [0.2, 0.25) is 5.82 Å². The van der Waals surface area contributed by atoms with E-state index in [0.29, 0.717) is 0 Å². The fourth-order valence-electron chi connectivity index (χ4n) is 1.91. The Morgan fingerprint density at radius 1 is 1.30 bits per heavy atom. The second-order valence-corrected chi connectivity index (χ2v) is 4.65. The van der Waals surface area contributed by atoms with Crippen LogP contribution in [0.1, 0.15) is 17.2 Å². The number of alkyl halides is 3. The van der Waals surface area contributed by atoms with Crippen LogP contribution in [0, 0.1) is 10.1 Å². The van der Waals surface area contributed by atoms with Gasteiger partial charge in [-0.2, -0.15) is 13.2 Å². The highest BCUT2D eigenvalue weighted by molar-refractivity contribution is 5.55. The maximum Gasteiger partial charge on any atom is 0.416 e. The standard InChI is InChI=1S/C14H12F3N3O3/c15-14(16,17)10-4-1-3-9(7-10)12(21)8-19-13-11(20(22)23)5-2-6-18-13/h1-7,12,21H,8H2,(H,18,19)/t12-/m1/s1. The number of pyridine rings is 1. The van der Waals surface area contributed by atoms with Gasteiger partial charge in [-0.15, -0.1) is 0 Å². The molecule has 0 bridgehead atoms. The smallest absolute Gasteiger partial charge is 0.387 e. The summed E-state index contributed by atoms with van der Waals surface area (Å²) in [6.07, 6.45) is -4.46. The van der Waals surface area contributed by atoms with Crippen LogP contribution in [0.3, 0.4) is 0 Å². The van der Waals surface area contributed by atoms with E-state index in [0.717, 1.165) is 12.1 Å². The van der Waals surface area contributed by atoms with Crippen molar-refractivity contribution in [3.05, 3.63) is 63.8 Å². The molecule has 2 N–H and O–H groups in total. The van der Waals surface area contributed by atoms with E-state index in [-0.39, 0.29) is 23.6 Å². The monoisotopic (exact) mass is 327 g/mol. The lowest BCUT2D eigenvalue weighted by molar-refractivity contribution is -0.384. The van der Waals surface area contributed by atoms with Gasteiger partial charge in [0, 0.05) is 18.8 Å². The van der Waals surface area contributed by atoms with E-state index in [1.54, 1.807) is 0 Å². The maximum atomic E-state index is 12.6. The van der Waals surface area contributed by atoms with Gasteiger partial charge in [-0.3, -0.25) is 10.1 Å². The number of aliphatic hydroxyl groups is 1. The van der Waals surface area contributed by atoms with Crippen LogP contribution >= 0.6 is 0 Å². The molecule has 0 saturated heterocycles. The van der Waals surface area contributed by atoms with Gasteiger partial charge in [0.1, 0.15) is 0 Å². The summed E-state index contributed by atoms with van der Waals surface area (Å²) in [5.74, 6) is -0.0662. The predicted octanol–water partition coefficient (Wildman–Crippen LogP) is 3.15. The summed E-state index contributed by atoms with van der Waals surface area (Å²) in [7, 11) is 0. The van der Waals surface area contributed by atoms with Gasteiger partial charge in [0.25, 0.3) is 0 Å². The SMILES string of the molecule is O=[N+]([O-])c1cccnc1NC[C@@H](O)c1cccc(C(F)(F)F)c1. The predicted molar refractivity (Wildman–Crippen MR) is 75.8 cm³/mol. The molecule has 0 aliphatic carbocycles. The van der Waals surface area contributed by atoms with E-state index >= 15 is 0 Å². The van der Waals surface area contributed by atoms with E-state index in [2.05, 4.69) is 10.3 Å². The summed E-state index contributed by atoms with van der Waals surface area (Å²) in [6.45, 7) is -0.223. The minimum atomic E-state index is -4.51. The molecule has 0 aliphatic rings. The van der Waals surface area contributed by atoms with E-state index in [4.69, 9.17) is 0 Å². The van der Waals surface area contributed by atoms with Crippen LogP contribution in [0.2, 0.25) is 0 Å². The first-order valence-electron chi connectivity index (χ1n) is 6.47. The molecular formula is C14H12F3N3O3. The molecule has 0 amide bonds. The van der Waals surface area contributed by atoms with Crippen LogP contribution < -0.4 is 5.32 Å². The Morgan fingerprint density at radius 3 is 2.70 bits per heavy atom. The number of rotatable bonds is 5. The summed E-state index contributed by atoms with van der Waals surface area (Å²) in [6, 6.07) is 6.87. The average molecular weight is 327 g/mol. The largest absolute Gasteiger partial charge is 0.416 e. The highest BCUT2D eigenvalue weighted by Gasteiger charge is 2.30. The number of nitro groups is 1. The fraction of sp³-hybridized carbons (Fsp3) is 0.214. The van der Waals surface area contributed by atoms with E-state index in [1.165, 1.54) is 30.5 Å². The van der Waals surface area contributed by atoms with Gasteiger partial charge >= 0.3 is 11.9 Å². The van der Waals surface area contributed by atoms with Crippen molar-refractivity contribution in [1.29, 1.82) is 0 Å². The number of nitrogens with zero attached hydrogens (tertiary/aromatic N) is 2. The number of halogens is 3. The minimum absolute atomic E-state index is 0.0471. The van der Waals surface area contributed by atoms with Gasteiger partial charge in [0.05, 0.1) is 16.6 Å². The number of nitrogens with one attached hydrogen (secondary N) is 1. The van der Waals surface area contributed by atoms with Crippen molar-refractivity contribution in [1.82, 2.24) is 4.98 Å². The maximum absolute atomic E-state index is 12.6. The van der Waals surface area contributed by atoms with Crippen molar-refractivity contribution in [2.24, 2.45) is 0 Å². The lowest BCUT2D eigenvalue weighted by atomic mass is 10.1. The minimum Gasteiger partial charge on any atom is -0.387 e. The van der Waals surface area contributed by atoms with Gasteiger partial charge in [0.15, 0.2) is 0 Å². The molecule has 0 fully saturated rings. The molecule has 1 heterocycles. The van der Waals surface area contributed by atoms with Crippen LogP contribution in [0.4, 0.5) is 24.7 Å². The molecule has 0 spiro atoms. The third kappa shape index (κ3) is 4.16. The molecule has 2 rings (SSSR count). The number of aromatic nitrogens is 1. The number of benzene rings is 1. The van der Waals surface area contributed by atoms with Crippen LogP contribution in [0.25, 0.3) is 0 Å². The first-order chi connectivity index (χ1) is 10.8. The number of hydrogen-bond acceptors (Lipinski definition) is 5. The topological polar surface area (TPSA) is 88.3 Å². The van der Waals surface area contributed by atoms with E-state index < -0.39 is 22.8 Å². The number of hydrogen-bond donors (Lipinski definition) is 2. The molecule has 23 heavy (non-hydrogen) atoms. The zero-order chi connectivity index (χ0) is 17.0. The van der Waals surface area contributed by atoms with Crippen molar-refractivity contribution in [2.45, 2.75) is 12.3 Å². The Bertz CT molecular complexity index is 707. The lowest BCUT2D eigenvalue weighted by Crippen LogP contribution is -2.15. The van der Waals surface area contributed by atoms with E-state index in [9.17, 15) is 28.4 Å². The zero-order valence-electron chi connectivity index (χ0n) is 11.6. The molecular weight excluding hydrogens is 315 g/mol. The summed E-state index contributed by atoms with van der Waals surface area (Å²) in [4.78, 5) is 14.0. The molecule has 0 saturated carbocycles. The van der Waals surface area contributed by atoms with Crippen LogP contribution in [0.5, 0.6) is 0 Å². The normalized spacial score (nSPS) is 12.7. The molecule has 9 heteroatoms. The number of aliphatic hydroxyl groups excluding tert-OH is 1. The number of anilines is 1. The van der Waals surface area contributed by atoms with Crippen molar-refractivity contribution in [2.75, 3.05) is 11.9 Å². The fourth-order valence-corrected chi connectivity index (χ4v) is 1.91. The highest BCUT2D eigenvalue weighted by atomic mass is 19.4. The van der Waals surface area contributed by atoms with Crippen molar-refractivity contribution in [3.63, 3.8) is 0 Å². The third-order valence-electron chi connectivity index (χ3n) is 3.04. The van der Waals surface area contributed by atoms with E-state index in [1.807, 2.05) is 0 Å². The lowest BCUT2D eigenvalue weighted by Gasteiger charge is -2.14. The quantitative estimate of drug-likeness (QED) is 0.650. The highest BCUT2D eigenvalue weighted by Crippen LogP contribution is 2.31. The first-order valence-corrected chi connectivity index (χ1v) is 6.47. The average Bonchev–Trinajstić information content (AvgIpc) is 2.52. The van der Waals surface area contributed by atoms with Crippen molar-refractivity contribution >= 4 is 11.5 Å². The second kappa shape index (κ2) is 6.61. The Morgan fingerprint density at radius 2 is 2.04 bits per heavy atom. The van der Waals surface area contributed by atoms with Crippen LogP contribution in [-0.2, 0) is 6.18 Å². The summed E-state index contributed by atoms with van der Waals surface area (Å²) in [5.41, 5.74) is -1.12.